The Labute approximate surface area is 286 Å². The predicted octanol–water partition coefficient (Wildman–Crippen LogP) is 5.11. The molecule has 0 bridgehead atoms. The number of aliphatic hydroxyl groups is 2. The summed E-state index contributed by atoms with van der Waals surface area (Å²) >= 11 is 0. The third kappa shape index (κ3) is 13.3. The van der Waals surface area contributed by atoms with Gasteiger partial charge in [-0.25, -0.2) is 0 Å². The zero-order valence-corrected chi connectivity index (χ0v) is 28.7. The highest BCUT2D eigenvalue weighted by Gasteiger charge is 2.32. The van der Waals surface area contributed by atoms with Crippen molar-refractivity contribution in [2.24, 2.45) is 23.5 Å². The molecule has 5 N–H and O–H groups in total. The van der Waals surface area contributed by atoms with Crippen molar-refractivity contribution in [3.05, 3.63) is 59.7 Å². The maximum absolute atomic E-state index is 12.7. The first-order valence-electron chi connectivity index (χ1n) is 17.9. The second kappa shape index (κ2) is 21.4. The third-order valence-corrected chi connectivity index (χ3v) is 9.61. The molecule has 2 aliphatic rings. The lowest BCUT2D eigenvalue weighted by atomic mass is 9.90. The van der Waals surface area contributed by atoms with Gasteiger partial charge in [0.2, 0.25) is 5.91 Å². The van der Waals surface area contributed by atoms with E-state index < -0.39 is 12.2 Å². The molecule has 0 spiro atoms. The Kier molecular flexibility index (Phi) is 17.0. The van der Waals surface area contributed by atoms with Crippen molar-refractivity contribution in [1.29, 1.82) is 0 Å². The van der Waals surface area contributed by atoms with Gasteiger partial charge in [0.05, 0.1) is 51.3 Å². The molecule has 10 heteroatoms. The molecule has 2 fully saturated rings. The summed E-state index contributed by atoms with van der Waals surface area (Å²) in [5, 5.41) is 24.0. The van der Waals surface area contributed by atoms with Gasteiger partial charge in [0, 0.05) is 13.7 Å². The zero-order chi connectivity index (χ0) is 34.0. The van der Waals surface area contributed by atoms with Crippen LogP contribution in [0.5, 0.6) is 11.5 Å². The molecule has 2 aromatic carbocycles. The van der Waals surface area contributed by atoms with Crippen LogP contribution in [-0.2, 0) is 19.0 Å². The minimum Gasteiger partial charge on any atom is -0.493 e. The number of aliphatic hydroxyl groups excluding tert-OH is 2. The summed E-state index contributed by atoms with van der Waals surface area (Å²) in [6.45, 7) is 3.30. The van der Waals surface area contributed by atoms with Crippen molar-refractivity contribution < 1.29 is 38.7 Å². The minimum absolute atomic E-state index is 0.0749. The van der Waals surface area contributed by atoms with E-state index >= 15 is 0 Å². The molecule has 2 saturated carbocycles. The molecule has 48 heavy (non-hydrogen) atoms. The van der Waals surface area contributed by atoms with E-state index in [2.05, 4.69) is 5.32 Å². The SMILES string of the molecule is COCCOCC(OCC(=O)NCCC(O)c1cccc(OCC2CCCCC2)c1)C1CCC(COc2cccc([C@H](O)CCN)c2)C1. The van der Waals surface area contributed by atoms with E-state index in [1.807, 2.05) is 48.5 Å². The van der Waals surface area contributed by atoms with E-state index in [1.54, 1.807) is 7.11 Å². The van der Waals surface area contributed by atoms with Crippen molar-refractivity contribution in [2.75, 3.05) is 59.8 Å². The summed E-state index contributed by atoms with van der Waals surface area (Å²) in [6, 6.07) is 15.2. The van der Waals surface area contributed by atoms with Gasteiger partial charge < -0.3 is 44.9 Å². The van der Waals surface area contributed by atoms with Gasteiger partial charge in [0.25, 0.3) is 0 Å². The van der Waals surface area contributed by atoms with Crippen LogP contribution in [0.3, 0.4) is 0 Å². The van der Waals surface area contributed by atoms with Crippen LogP contribution in [0.25, 0.3) is 0 Å². The Morgan fingerprint density at radius 3 is 2.21 bits per heavy atom. The number of nitrogens with one attached hydrogen (secondary N) is 1. The largest absolute Gasteiger partial charge is 0.493 e. The van der Waals surface area contributed by atoms with Crippen LogP contribution in [0.1, 0.15) is 87.5 Å². The van der Waals surface area contributed by atoms with Gasteiger partial charge in [-0.3, -0.25) is 4.79 Å². The molecule has 1 amide bonds. The molecule has 0 saturated heterocycles. The van der Waals surface area contributed by atoms with Crippen LogP contribution >= 0.6 is 0 Å². The summed E-state index contributed by atoms with van der Waals surface area (Å²) in [4.78, 5) is 12.7. The summed E-state index contributed by atoms with van der Waals surface area (Å²) < 4.78 is 29.3. The molecule has 0 heterocycles. The van der Waals surface area contributed by atoms with Crippen molar-refractivity contribution >= 4 is 5.91 Å². The summed E-state index contributed by atoms with van der Waals surface area (Å²) in [5.74, 6) is 2.50. The average molecular weight is 671 g/mol. The fraction of sp³-hybridized carbons (Fsp3) is 0.658. The number of carbonyl (C=O) groups is 1. The Balaban J connectivity index is 1.18. The van der Waals surface area contributed by atoms with Gasteiger partial charge >= 0.3 is 0 Å². The highest BCUT2D eigenvalue weighted by molar-refractivity contribution is 5.77. The molecule has 268 valence electrons. The van der Waals surface area contributed by atoms with E-state index in [4.69, 9.17) is 29.4 Å². The van der Waals surface area contributed by atoms with Crippen molar-refractivity contribution in [2.45, 2.75) is 82.5 Å². The topological polar surface area (TPSA) is 142 Å². The standard InChI is InChI=1S/C38H58N2O8/c1-44-19-20-45-26-37(32-14-13-29(21-32)25-47-34-12-5-9-30(22-34)35(41)15-17-39)48-27-38(43)40-18-16-36(42)31-10-6-11-33(23-31)46-24-28-7-3-2-4-8-28/h5-6,9-12,22-23,28-29,32,35-37,41-42H,2-4,7-8,13-21,24-27,39H2,1H3,(H,40,43)/t29?,32?,35-,36?,37?/m1/s1. The number of benzene rings is 2. The zero-order valence-electron chi connectivity index (χ0n) is 28.7. The first kappa shape index (κ1) is 38.1. The molecule has 4 unspecified atom stereocenters. The normalized spacial score (nSPS) is 20.2. The summed E-state index contributed by atoms with van der Waals surface area (Å²) in [5.41, 5.74) is 7.19. The Morgan fingerprint density at radius 1 is 0.875 bits per heavy atom. The van der Waals surface area contributed by atoms with Crippen LogP contribution in [0.4, 0.5) is 0 Å². The van der Waals surface area contributed by atoms with E-state index in [9.17, 15) is 15.0 Å². The molecule has 2 aromatic rings. The summed E-state index contributed by atoms with van der Waals surface area (Å²) in [7, 11) is 1.64. The smallest absolute Gasteiger partial charge is 0.246 e. The van der Waals surface area contributed by atoms with Crippen molar-refractivity contribution in [1.82, 2.24) is 5.32 Å². The monoisotopic (exact) mass is 670 g/mol. The highest BCUT2D eigenvalue weighted by atomic mass is 16.5. The predicted molar refractivity (Wildman–Crippen MR) is 185 cm³/mol. The quantitative estimate of drug-likeness (QED) is 0.126. The number of amides is 1. The highest BCUT2D eigenvalue weighted by Crippen LogP contribution is 2.35. The van der Waals surface area contributed by atoms with Gasteiger partial charge in [-0.15, -0.1) is 0 Å². The Morgan fingerprint density at radius 2 is 1.54 bits per heavy atom. The van der Waals surface area contributed by atoms with Crippen LogP contribution < -0.4 is 20.5 Å². The van der Waals surface area contributed by atoms with Gasteiger partial charge in [-0.1, -0.05) is 43.5 Å². The van der Waals surface area contributed by atoms with E-state index in [0.29, 0.717) is 64.2 Å². The van der Waals surface area contributed by atoms with Crippen LogP contribution in [-0.4, -0.2) is 82.1 Å². The lowest BCUT2D eigenvalue weighted by Crippen LogP contribution is -2.35. The lowest BCUT2D eigenvalue weighted by molar-refractivity contribution is -0.131. The van der Waals surface area contributed by atoms with Crippen molar-refractivity contribution in [3.8, 4) is 11.5 Å². The first-order valence-corrected chi connectivity index (χ1v) is 17.9. The second-order valence-electron chi connectivity index (χ2n) is 13.4. The van der Waals surface area contributed by atoms with Crippen LogP contribution in [0, 0.1) is 17.8 Å². The fourth-order valence-corrected chi connectivity index (χ4v) is 6.74. The van der Waals surface area contributed by atoms with Crippen molar-refractivity contribution in [3.63, 3.8) is 0 Å². The summed E-state index contributed by atoms with van der Waals surface area (Å²) in [6.07, 6.45) is 8.56. The number of methoxy groups -OCH3 is 1. The van der Waals surface area contributed by atoms with Gasteiger partial charge in [-0.05, 0) is 105 Å². The molecule has 2 aliphatic carbocycles. The Bertz CT molecular complexity index is 1190. The van der Waals surface area contributed by atoms with Gasteiger partial charge in [-0.2, -0.15) is 0 Å². The fourth-order valence-electron chi connectivity index (χ4n) is 6.74. The van der Waals surface area contributed by atoms with E-state index in [1.165, 1.54) is 32.1 Å². The van der Waals surface area contributed by atoms with E-state index in [-0.39, 0.29) is 24.5 Å². The van der Waals surface area contributed by atoms with Crippen LogP contribution in [0.2, 0.25) is 0 Å². The van der Waals surface area contributed by atoms with E-state index in [0.717, 1.165) is 48.5 Å². The maximum atomic E-state index is 12.7. The maximum Gasteiger partial charge on any atom is 0.246 e. The molecular formula is C38H58N2O8. The molecule has 4 rings (SSSR count). The lowest BCUT2D eigenvalue weighted by Gasteiger charge is -2.24. The number of hydrogen-bond donors (Lipinski definition) is 4. The third-order valence-electron chi connectivity index (χ3n) is 9.61. The van der Waals surface area contributed by atoms with Crippen LogP contribution in [0.15, 0.2) is 48.5 Å². The molecule has 5 atom stereocenters. The molecule has 10 nitrogen and oxygen atoms in total. The molecular weight excluding hydrogens is 612 g/mol. The number of nitrogens with two attached hydrogens (primary N) is 1. The second-order valence-corrected chi connectivity index (χ2v) is 13.4. The number of hydrogen-bond acceptors (Lipinski definition) is 9. The molecule has 0 aromatic heterocycles. The first-order chi connectivity index (χ1) is 23.4. The van der Waals surface area contributed by atoms with Gasteiger partial charge in [0.15, 0.2) is 0 Å². The number of carbonyl (C=O) groups excluding carboxylic acids is 1. The molecule has 0 radical (unpaired) electrons. The molecule has 0 aliphatic heterocycles. The minimum atomic E-state index is -0.706. The number of ether oxygens (including phenoxy) is 5. The Hall–Kier alpha value is -2.73. The number of rotatable bonds is 22. The average Bonchev–Trinajstić information content (AvgIpc) is 3.59. The van der Waals surface area contributed by atoms with Gasteiger partial charge in [0.1, 0.15) is 18.1 Å².